The van der Waals surface area contributed by atoms with Gasteiger partial charge >= 0.3 is 10.4 Å². The first kappa shape index (κ1) is 23.2. The van der Waals surface area contributed by atoms with Gasteiger partial charge in [0.05, 0.1) is 0 Å². The Labute approximate surface area is 61.1 Å². The molecule has 0 saturated heterocycles. The Bertz CT molecular complexity index is 95.6. The maximum atomic E-state index is 8.74. The fourth-order valence-corrected chi connectivity index (χ4v) is 0. The molecule has 0 saturated carbocycles. The first-order valence-corrected chi connectivity index (χ1v) is 2.10. The zero-order valence-corrected chi connectivity index (χ0v) is 8.56. The summed E-state index contributed by atoms with van der Waals surface area (Å²) >= 11 is 0. The van der Waals surface area contributed by atoms with Gasteiger partial charge in [-0.3, -0.25) is 9.11 Å². The smallest absolute Gasteiger partial charge is 0.394 e. The van der Waals surface area contributed by atoms with Gasteiger partial charge in [-0.25, -0.2) is 0 Å². The lowest BCUT2D eigenvalue weighted by Crippen LogP contribution is -1.89. The lowest BCUT2D eigenvalue weighted by Gasteiger charge is -1.68. The van der Waals surface area contributed by atoms with Crippen LogP contribution in [0.4, 0.5) is 0 Å². The van der Waals surface area contributed by atoms with Crippen molar-refractivity contribution >= 4 is 37.7 Å². The second-order valence-electron chi connectivity index (χ2n) is 0.448. The zero-order chi connectivity index (χ0) is 4.50. The van der Waals surface area contributed by atoms with Gasteiger partial charge in [-0.2, -0.15) is 18.3 Å². The Hall–Kier alpha value is 0.792. The van der Waals surface area contributed by atoms with Crippen LogP contribution in [0.15, 0.2) is 0 Å². The van der Waals surface area contributed by atoms with Gasteiger partial charge in [0.2, 0.25) is 0 Å². The van der Waals surface area contributed by atoms with Crippen LogP contribution in [-0.2, 0) is 10.4 Å². The van der Waals surface area contributed by atoms with E-state index in [0.717, 1.165) is 0 Å². The quantitative estimate of drug-likeness (QED) is 0.247. The molecule has 0 amide bonds. The Morgan fingerprint density at radius 1 is 1.12 bits per heavy atom. The van der Waals surface area contributed by atoms with Crippen molar-refractivity contribution in [3.05, 3.63) is 0 Å². The fraction of sp³-hybridized carbons (Fsp3) is 0. The van der Waals surface area contributed by atoms with Gasteiger partial charge in [-0.1, -0.05) is 0 Å². The summed E-state index contributed by atoms with van der Waals surface area (Å²) in [4.78, 5) is 0. The lowest BCUT2D eigenvalue weighted by atomic mass is 15.8. The van der Waals surface area contributed by atoms with Gasteiger partial charge in [0.1, 0.15) is 17.4 Å². The van der Waals surface area contributed by atoms with Crippen LogP contribution in [-0.4, -0.2) is 40.4 Å². The molecule has 0 aliphatic carbocycles. The van der Waals surface area contributed by atoms with Crippen molar-refractivity contribution in [2.45, 2.75) is 0 Å². The highest BCUT2D eigenvalue weighted by Crippen LogP contribution is 1.59. The molecule has 0 heterocycles. The van der Waals surface area contributed by atoms with Crippen molar-refractivity contribution in [1.29, 1.82) is 0 Å². The monoisotopic (exact) mass is 179 g/mol. The molecule has 0 rings (SSSR count). The van der Waals surface area contributed by atoms with Crippen LogP contribution in [0.5, 0.6) is 0 Å². The normalized spacial score (nSPS) is 7.25. The predicted molar refractivity (Wildman–Crippen MR) is 37.4 cm³/mol. The number of hydrogen-bond donors (Lipinski definition) is 2. The van der Waals surface area contributed by atoms with Gasteiger partial charge in [0, 0.05) is 0 Å². The minimum atomic E-state index is -4.67. The molecule has 0 aromatic heterocycles. The van der Waals surface area contributed by atoms with E-state index in [2.05, 4.69) is 0 Å². The van der Waals surface area contributed by atoms with Crippen molar-refractivity contribution in [2.75, 3.05) is 0 Å². The minimum Gasteiger partial charge on any atom is -0.412 e. The third-order valence-corrected chi connectivity index (χ3v) is 0. The van der Waals surface area contributed by atoms with Crippen molar-refractivity contribution in [3.8, 4) is 0 Å². The number of hydrogen-bond acceptors (Lipinski definition) is 2. The Kier molecular flexibility index (Phi) is 22.6. The molecule has 0 aromatic carbocycles. The molecule has 0 aliphatic heterocycles. The largest absolute Gasteiger partial charge is 0.412 e. The van der Waals surface area contributed by atoms with Crippen molar-refractivity contribution in [1.82, 2.24) is 0 Å². The molecule has 1 unspecified atom stereocenters. The molecule has 53 valence electrons. The van der Waals surface area contributed by atoms with Crippen LogP contribution < -0.4 is 0 Å². The Morgan fingerprint density at radius 2 is 1.12 bits per heavy atom. The summed E-state index contributed by atoms with van der Waals surface area (Å²) in [5.74, 6) is 0. The van der Waals surface area contributed by atoms with E-state index >= 15 is 0 Å². The van der Waals surface area contributed by atoms with Crippen molar-refractivity contribution in [3.63, 3.8) is 0 Å². The molecular formula is H9AlO5PS. The van der Waals surface area contributed by atoms with Gasteiger partial charge < -0.3 is 5.48 Å². The first-order valence-electron chi connectivity index (χ1n) is 0.698. The molecule has 1 atom stereocenters. The second kappa shape index (κ2) is 7.79. The van der Waals surface area contributed by atoms with E-state index in [1.54, 1.807) is 0 Å². The SMILES string of the molecule is O.O=S(=O)(O)O.P.[AlH2]. The van der Waals surface area contributed by atoms with Gasteiger partial charge in [-0.15, -0.1) is 0 Å². The summed E-state index contributed by atoms with van der Waals surface area (Å²) in [7, 11) is -4.67. The molecule has 0 spiro atoms. The van der Waals surface area contributed by atoms with Crippen LogP contribution in [0.3, 0.4) is 0 Å². The van der Waals surface area contributed by atoms with Crippen LogP contribution in [0, 0.1) is 0 Å². The molecule has 5 nitrogen and oxygen atoms in total. The standard InChI is InChI=1S/Al.H2O4S.H2O.H3P.2H/c;1-5(2,3)4;;;;/h;(H2,1,2,3,4);1H2;1H3;;. The van der Waals surface area contributed by atoms with Crippen molar-refractivity contribution < 1.29 is 23.0 Å². The topological polar surface area (TPSA) is 106 Å². The maximum Gasteiger partial charge on any atom is 0.394 e. The maximum absolute atomic E-state index is 8.74. The third kappa shape index (κ3) is 363. The molecule has 0 aromatic rings. The molecule has 8 heteroatoms. The van der Waals surface area contributed by atoms with Gasteiger partial charge in [0.15, 0.2) is 0 Å². The highest BCUT2D eigenvalue weighted by Gasteiger charge is 1.84. The molecule has 4 N–H and O–H groups in total. The van der Waals surface area contributed by atoms with Gasteiger partial charge in [0.25, 0.3) is 0 Å². The summed E-state index contributed by atoms with van der Waals surface area (Å²) in [5.41, 5.74) is 0. The van der Waals surface area contributed by atoms with E-state index in [9.17, 15) is 0 Å². The highest BCUT2D eigenvalue weighted by molar-refractivity contribution is 7.79. The van der Waals surface area contributed by atoms with Gasteiger partial charge in [-0.05, 0) is 0 Å². The Balaban J connectivity index is -0.0000000267. The van der Waals surface area contributed by atoms with E-state index < -0.39 is 10.4 Å². The molecule has 0 bridgehead atoms. The fourth-order valence-electron chi connectivity index (χ4n) is 0. The lowest BCUT2D eigenvalue weighted by molar-refractivity contribution is 0.381. The van der Waals surface area contributed by atoms with E-state index in [0.29, 0.717) is 0 Å². The van der Waals surface area contributed by atoms with Crippen LogP contribution >= 0.6 is 9.90 Å². The van der Waals surface area contributed by atoms with E-state index in [1.807, 2.05) is 0 Å². The van der Waals surface area contributed by atoms with Crippen LogP contribution in [0.1, 0.15) is 0 Å². The third-order valence-electron chi connectivity index (χ3n) is 0. The van der Waals surface area contributed by atoms with Crippen molar-refractivity contribution in [2.24, 2.45) is 0 Å². The van der Waals surface area contributed by atoms with Crippen LogP contribution in [0.25, 0.3) is 0 Å². The minimum absolute atomic E-state index is 0. The average molecular weight is 179 g/mol. The molecular weight excluding hydrogens is 170 g/mol. The van der Waals surface area contributed by atoms with Crippen LogP contribution in [0.2, 0.25) is 0 Å². The molecule has 8 heavy (non-hydrogen) atoms. The predicted octanol–water partition coefficient (Wildman–Crippen LogP) is -2.34. The Morgan fingerprint density at radius 3 is 1.12 bits per heavy atom. The second-order valence-corrected chi connectivity index (χ2v) is 1.34. The molecule has 0 aliphatic rings. The summed E-state index contributed by atoms with van der Waals surface area (Å²) in [6.07, 6.45) is 0. The van der Waals surface area contributed by atoms with E-state index in [1.165, 1.54) is 0 Å². The number of rotatable bonds is 0. The average Bonchev–Trinajstić information content (AvgIpc) is 0.722. The summed E-state index contributed by atoms with van der Waals surface area (Å²) in [6, 6.07) is 0. The summed E-state index contributed by atoms with van der Waals surface area (Å²) < 4.78 is 31.6. The molecule has 0 fully saturated rings. The zero-order valence-electron chi connectivity index (χ0n) is 4.33. The van der Waals surface area contributed by atoms with E-state index in [-0.39, 0.29) is 32.7 Å². The molecule has 1 radical (unpaired) electrons. The summed E-state index contributed by atoms with van der Waals surface area (Å²) in [6.45, 7) is 0. The highest BCUT2D eigenvalue weighted by atomic mass is 32.3. The van der Waals surface area contributed by atoms with E-state index in [4.69, 9.17) is 17.5 Å². The first-order chi connectivity index (χ1) is 2.00. The summed E-state index contributed by atoms with van der Waals surface area (Å²) in [5, 5.41) is 0.